The van der Waals surface area contributed by atoms with E-state index < -0.39 is 0 Å². The number of rotatable bonds is 3. The van der Waals surface area contributed by atoms with E-state index in [1.54, 1.807) is 0 Å². The number of aromatic nitrogens is 3. The first-order valence-electron chi connectivity index (χ1n) is 6.99. The van der Waals surface area contributed by atoms with Crippen LogP contribution in [0.2, 0.25) is 0 Å². The standard InChI is InChI=1S/C15H20N4/c1-19-14(11-12-7-9-16-10-8-12)17-15(18-19)13-5-3-2-4-6-13/h2-6,12,16H,7-11H2,1H3. The van der Waals surface area contributed by atoms with Crippen molar-refractivity contribution in [1.29, 1.82) is 0 Å². The van der Waals surface area contributed by atoms with Crippen LogP contribution in [0.3, 0.4) is 0 Å². The number of piperidine rings is 1. The van der Waals surface area contributed by atoms with E-state index in [2.05, 4.69) is 22.5 Å². The van der Waals surface area contributed by atoms with Gasteiger partial charge in [0.2, 0.25) is 0 Å². The Morgan fingerprint density at radius 1 is 1.21 bits per heavy atom. The van der Waals surface area contributed by atoms with Gasteiger partial charge in [0, 0.05) is 19.0 Å². The summed E-state index contributed by atoms with van der Waals surface area (Å²) in [6, 6.07) is 10.2. The van der Waals surface area contributed by atoms with Gasteiger partial charge in [0.25, 0.3) is 0 Å². The maximum absolute atomic E-state index is 4.71. The van der Waals surface area contributed by atoms with Crippen LogP contribution in [0.5, 0.6) is 0 Å². The van der Waals surface area contributed by atoms with E-state index >= 15 is 0 Å². The molecule has 0 amide bonds. The van der Waals surface area contributed by atoms with Gasteiger partial charge in [0.05, 0.1) is 0 Å². The third-order valence-electron chi connectivity index (χ3n) is 3.82. The van der Waals surface area contributed by atoms with Crippen LogP contribution in [-0.4, -0.2) is 27.9 Å². The summed E-state index contributed by atoms with van der Waals surface area (Å²) in [6.07, 6.45) is 3.53. The highest BCUT2D eigenvalue weighted by Crippen LogP contribution is 2.19. The van der Waals surface area contributed by atoms with E-state index in [0.717, 1.165) is 42.6 Å². The van der Waals surface area contributed by atoms with Crippen LogP contribution in [0.1, 0.15) is 18.7 Å². The fraction of sp³-hybridized carbons (Fsp3) is 0.467. The number of hydrogen-bond acceptors (Lipinski definition) is 3. The molecule has 1 N–H and O–H groups in total. The molecule has 0 saturated carbocycles. The zero-order valence-corrected chi connectivity index (χ0v) is 11.3. The molecule has 19 heavy (non-hydrogen) atoms. The molecule has 0 spiro atoms. The zero-order chi connectivity index (χ0) is 13.1. The predicted molar refractivity (Wildman–Crippen MR) is 75.7 cm³/mol. The lowest BCUT2D eigenvalue weighted by molar-refractivity contribution is 0.363. The van der Waals surface area contributed by atoms with E-state index in [-0.39, 0.29) is 0 Å². The number of hydrogen-bond donors (Lipinski definition) is 1. The van der Waals surface area contributed by atoms with Gasteiger partial charge < -0.3 is 5.32 Å². The largest absolute Gasteiger partial charge is 0.317 e. The molecule has 2 aromatic rings. The third kappa shape index (κ3) is 2.84. The first-order valence-corrected chi connectivity index (χ1v) is 6.99. The Morgan fingerprint density at radius 3 is 2.68 bits per heavy atom. The van der Waals surface area contributed by atoms with Gasteiger partial charge in [0.1, 0.15) is 5.82 Å². The topological polar surface area (TPSA) is 42.7 Å². The highest BCUT2D eigenvalue weighted by atomic mass is 15.3. The van der Waals surface area contributed by atoms with Crippen LogP contribution >= 0.6 is 0 Å². The number of benzene rings is 1. The summed E-state index contributed by atoms with van der Waals surface area (Å²) in [5.41, 5.74) is 1.09. The lowest BCUT2D eigenvalue weighted by atomic mass is 9.94. The summed E-state index contributed by atoms with van der Waals surface area (Å²) in [5, 5.41) is 7.94. The van der Waals surface area contributed by atoms with Gasteiger partial charge in [-0.3, -0.25) is 4.68 Å². The monoisotopic (exact) mass is 256 g/mol. The molecule has 2 heterocycles. The van der Waals surface area contributed by atoms with Crippen LogP contribution < -0.4 is 5.32 Å². The number of nitrogens with zero attached hydrogens (tertiary/aromatic N) is 3. The maximum atomic E-state index is 4.71. The van der Waals surface area contributed by atoms with Crippen molar-refractivity contribution in [2.75, 3.05) is 13.1 Å². The summed E-state index contributed by atoms with van der Waals surface area (Å²) >= 11 is 0. The molecule has 1 aliphatic rings. The normalized spacial score (nSPS) is 16.7. The minimum atomic E-state index is 0.743. The summed E-state index contributed by atoms with van der Waals surface area (Å²) in [6.45, 7) is 2.27. The summed E-state index contributed by atoms with van der Waals surface area (Å²) < 4.78 is 1.93. The Kier molecular flexibility index (Phi) is 3.60. The summed E-state index contributed by atoms with van der Waals surface area (Å²) in [4.78, 5) is 4.71. The van der Waals surface area contributed by atoms with E-state index in [4.69, 9.17) is 4.98 Å². The maximum Gasteiger partial charge on any atom is 0.181 e. The van der Waals surface area contributed by atoms with Gasteiger partial charge in [-0.25, -0.2) is 4.98 Å². The number of aryl methyl sites for hydroxylation is 1. The van der Waals surface area contributed by atoms with Crippen molar-refractivity contribution < 1.29 is 0 Å². The van der Waals surface area contributed by atoms with Crippen LogP contribution in [0.25, 0.3) is 11.4 Å². The van der Waals surface area contributed by atoms with Gasteiger partial charge in [0.15, 0.2) is 5.82 Å². The van der Waals surface area contributed by atoms with Gasteiger partial charge in [-0.05, 0) is 31.8 Å². The van der Waals surface area contributed by atoms with Crippen molar-refractivity contribution in [1.82, 2.24) is 20.1 Å². The summed E-state index contributed by atoms with van der Waals surface area (Å²) in [5.74, 6) is 2.69. The van der Waals surface area contributed by atoms with E-state index in [1.165, 1.54) is 12.8 Å². The van der Waals surface area contributed by atoms with Crippen molar-refractivity contribution in [3.05, 3.63) is 36.2 Å². The average Bonchev–Trinajstić information content (AvgIpc) is 2.82. The Labute approximate surface area is 113 Å². The highest BCUT2D eigenvalue weighted by Gasteiger charge is 2.17. The SMILES string of the molecule is Cn1nc(-c2ccccc2)nc1CC1CCNCC1. The van der Waals surface area contributed by atoms with Crippen LogP contribution in [0, 0.1) is 5.92 Å². The Bertz CT molecular complexity index is 526. The lowest BCUT2D eigenvalue weighted by Crippen LogP contribution is -2.29. The van der Waals surface area contributed by atoms with Crippen molar-refractivity contribution in [3.8, 4) is 11.4 Å². The molecule has 1 aliphatic heterocycles. The van der Waals surface area contributed by atoms with Crippen molar-refractivity contribution in [2.45, 2.75) is 19.3 Å². The first kappa shape index (κ1) is 12.4. The van der Waals surface area contributed by atoms with Gasteiger partial charge in [-0.15, -0.1) is 0 Å². The fourth-order valence-electron chi connectivity index (χ4n) is 2.65. The molecule has 3 rings (SSSR count). The quantitative estimate of drug-likeness (QED) is 0.913. The molecular weight excluding hydrogens is 236 g/mol. The lowest BCUT2D eigenvalue weighted by Gasteiger charge is -2.21. The second-order valence-corrected chi connectivity index (χ2v) is 5.24. The molecule has 100 valence electrons. The van der Waals surface area contributed by atoms with E-state index in [9.17, 15) is 0 Å². The fourth-order valence-corrected chi connectivity index (χ4v) is 2.65. The van der Waals surface area contributed by atoms with Gasteiger partial charge >= 0.3 is 0 Å². The molecule has 0 unspecified atom stereocenters. The van der Waals surface area contributed by atoms with E-state index in [0.29, 0.717) is 0 Å². The van der Waals surface area contributed by atoms with Gasteiger partial charge in [-0.2, -0.15) is 5.10 Å². The molecule has 1 aromatic carbocycles. The molecule has 0 bridgehead atoms. The molecule has 4 nitrogen and oxygen atoms in total. The van der Waals surface area contributed by atoms with Crippen molar-refractivity contribution in [2.24, 2.45) is 13.0 Å². The molecule has 1 fully saturated rings. The van der Waals surface area contributed by atoms with Crippen molar-refractivity contribution in [3.63, 3.8) is 0 Å². The summed E-state index contributed by atoms with van der Waals surface area (Å²) in [7, 11) is 2.00. The van der Waals surface area contributed by atoms with Crippen molar-refractivity contribution >= 4 is 0 Å². The van der Waals surface area contributed by atoms with Crippen LogP contribution in [0.4, 0.5) is 0 Å². The molecule has 1 aromatic heterocycles. The zero-order valence-electron chi connectivity index (χ0n) is 11.3. The van der Waals surface area contributed by atoms with E-state index in [1.807, 2.05) is 29.9 Å². The van der Waals surface area contributed by atoms with Crippen LogP contribution in [-0.2, 0) is 13.5 Å². The average molecular weight is 256 g/mol. The molecule has 4 heteroatoms. The predicted octanol–water partition coefficient (Wildman–Crippen LogP) is 2.02. The Balaban J connectivity index is 1.77. The van der Waals surface area contributed by atoms with Gasteiger partial charge in [-0.1, -0.05) is 30.3 Å². The smallest absolute Gasteiger partial charge is 0.181 e. The minimum absolute atomic E-state index is 0.743. The van der Waals surface area contributed by atoms with Crippen LogP contribution in [0.15, 0.2) is 30.3 Å². The minimum Gasteiger partial charge on any atom is -0.317 e. The second-order valence-electron chi connectivity index (χ2n) is 5.24. The third-order valence-corrected chi connectivity index (χ3v) is 3.82. The Morgan fingerprint density at radius 2 is 1.95 bits per heavy atom. The molecule has 0 aliphatic carbocycles. The molecule has 0 radical (unpaired) electrons. The second kappa shape index (κ2) is 5.53. The highest BCUT2D eigenvalue weighted by molar-refractivity contribution is 5.53. The molecule has 0 atom stereocenters. The molecule has 1 saturated heterocycles. The first-order chi connectivity index (χ1) is 9.33. The Hall–Kier alpha value is -1.68. The molecular formula is C15H20N4. The number of nitrogens with one attached hydrogen (secondary N) is 1.